The van der Waals surface area contributed by atoms with E-state index in [4.69, 9.17) is 11.6 Å². The minimum atomic E-state index is -4.13. The van der Waals surface area contributed by atoms with Crippen LogP contribution in [0.3, 0.4) is 0 Å². The van der Waals surface area contributed by atoms with Gasteiger partial charge in [0.2, 0.25) is 0 Å². The second-order valence-electron chi connectivity index (χ2n) is 5.67. The van der Waals surface area contributed by atoms with E-state index in [9.17, 15) is 13.2 Å². The quantitative estimate of drug-likeness (QED) is 0.768. The molecular weight excluding hydrogens is 315 g/mol. The highest BCUT2D eigenvalue weighted by Crippen LogP contribution is 2.33. The van der Waals surface area contributed by atoms with Crippen molar-refractivity contribution < 1.29 is 13.2 Å². The fraction of sp³-hybridized carbons (Fsp3) is 0.600. The van der Waals surface area contributed by atoms with Gasteiger partial charge in [0.25, 0.3) is 0 Å². The van der Waals surface area contributed by atoms with Gasteiger partial charge >= 0.3 is 6.18 Å². The summed E-state index contributed by atoms with van der Waals surface area (Å²) in [7, 11) is 0. The maximum Gasteiger partial charge on any atom is 0.391 e. The predicted molar refractivity (Wildman–Crippen MR) is 80.2 cm³/mol. The van der Waals surface area contributed by atoms with Crippen molar-refractivity contribution in [1.29, 1.82) is 0 Å². The molecule has 2 aromatic heterocycles. The Morgan fingerprint density at radius 2 is 1.95 bits per heavy atom. The molecule has 0 radical (unpaired) electrons. The van der Waals surface area contributed by atoms with Gasteiger partial charge in [-0.15, -0.1) is 0 Å². The van der Waals surface area contributed by atoms with E-state index in [1.54, 1.807) is 16.8 Å². The third-order valence-corrected chi connectivity index (χ3v) is 4.23. The summed E-state index contributed by atoms with van der Waals surface area (Å²) in [6.45, 7) is 5.14. The van der Waals surface area contributed by atoms with Crippen LogP contribution in [-0.2, 0) is 6.42 Å². The van der Waals surface area contributed by atoms with Crippen molar-refractivity contribution in [3.05, 3.63) is 28.7 Å². The lowest BCUT2D eigenvalue weighted by molar-refractivity contribution is -0.171. The highest BCUT2D eigenvalue weighted by Gasteiger charge is 2.35. The second kappa shape index (κ2) is 6.44. The van der Waals surface area contributed by atoms with Crippen molar-refractivity contribution >= 4 is 17.2 Å². The Morgan fingerprint density at radius 3 is 2.55 bits per heavy atom. The molecule has 7 heteroatoms. The molecule has 0 fully saturated rings. The van der Waals surface area contributed by atoms with Crippen molar-refractivity contribution in [2.45, 2.75) is 52.1 Å². The summed E-state index contributed by atoms with van der Waals surface area (Å²) in [5.74, 6) is -1.31. The molecule has 0 N–H and O–H groups in total. The number of nitrogens with zero attached hydrogens (tertiary/aromatic N) is 3. The number of hydrogen-bond donors (Lipinski definition) is 0. The average molecular weight is 334 g/mol. The lowest BCUT2D eigenvalue weighted by Gasteiger charge is -2.20. The molecule has 2 heterocycles. The van der Waals surface area contributed by atoms with Gasteiger partial charge in [-0.2, -0.15) is 18.3 Å². The average Bonchev–Trinajstić information content (AvgIpc) is 2.82. The van der Waals surface area contributed by atoms with Gasteiger partial charge in [-0.25, -0.2) is 9.50 Å². The van der Waals surface area contributed by atoms with Crippen LogP contribution in [0.4, 0.5) is 13.2 Å². The molecule has 0 amide bonds. The number of aromatic nitrogens is 3. The summed E-state index contributed by atoms with van der Waals surface area (Å²) in [5, 5.41) is 4.56. The normalized spacial score (nSPS) is 15.2. The Bertz CT molecular complexity index is 651. The summed E-state index contributed by atoms with van der Waals surface area (Å²) >= 11 is 5.90. The maximum atomic E-state index is 12.6. The molecule has 22 heavy (non-hydrogen) atoms. The second-order valence-corrected chi connectivity index (χ2v) is 6.06. The van der Waals surface area contributed by atoms with Gasteiger partial charge in [0.15, 0.2) is 10.8 Å². The highest BCUT2D eigenvalue weighted by atomic mass is 35.5. The van der Waals surface area contributed by atoms with E-state index in [-0.39, 0.29) is 12.3 Å². The number of halogens is 4. The Balaban J connectivity index is 2.22. The molecule has 0 aromatic carbocycles. The lowest BCUT2D eigenvalue weighted by Crippen LogP contribution is -2.20. The minimum Gasteiger partial charge on any atom is -0.237 e. The molecule has 0 bridgehead atoms. The number of aryl methyl sites for hydroxylation is 1. The summed E-state index contributed by atoms with van der Waals surface area (Å²) in [4.78, 5) is 4.30. The van der Waals surface area contributed by atoms with Crippen molar-refractivity contribution in [3.63, 3.8) is 0 Å². The van der Waals surface area contributed by atoms with Crippen LogP contribution < -0.4 is 0 Å². The Labute approximate surface area is 132 Å². The molecule has 0 saturated heterocycles. The topological polar surface area (TPSA) is 30.2 Å². The standard InChI is InChI=1S/C15H19ClF3N3/c1-4-12-11(8-20-14-7-13(16)21-22(12)14)9(2)5-6-10(3)15(17,18)19/h7-10H,4-6H2,1-3H3. The van der Waals surface area contributed by atoms with Crippen LogP contribution in [0.15, 0.2) is 12.3 Å². The van der Waals surface area contributed by atoms with Crippen molar-refractivity contribution in [1.82, 2.24) is 14.6 Å². The summed E-state index contributed by atoms with van der Waals surface area (Å²) in [6.07, 6.45) is -1.13. The van der Waals surface area contributed by atoms with Crippen LogP contribution in [0.5, 0.6) is 0 Å². The SMILES string of the molecule is CCc1c(C(C)CCC(C)C(F)(F)F)cnc2cc(Cl)nn12. The third kappa shape index (κ3) is 3.54. The number of rotatable bonds is 5. The first kappa shape index (κ1) is 17.1. The zero-order valence-corrected chi connectivity index (χ0v) is 13.5. The fourth-order valence-electron chi connectivity index (χ4n) is 2.55. The Kier molecular flexibility index (Phi) is 5.00. The summed E-state index contributed by atoms with van der Waals surface area (Å²) in [5.41, 5.74) is 2.54. The van der Waals surface area contributed by atoms with E-state index in [1.165, 1.54) is 6.92 Å². The van der Waals surface area contributed by atoms with E-state index in [0.29, 0.717) is 23.6 Å². The fourth-order valence-corrected chi connectivity index (χ4v) is 2.72. The van der Waals surface area contributed by atoms with Crippen LogP contribution in [0.25, 0.3) is 5.65 Å². The van der Waals surface area contributed by atoms with Gasteiger partial charge in [-0.1, -0.05) is 32.4 Å². The van der Waals surface area contributed by atoms with E-state index < -0.39 is 12.1 Å². The molecule has 2 rings (SSSR count). The highest BCUT2D eigenvalue weighted by molar-refractivity contribution is 6.29. The van der Waals surface area contributed by atoms with Crippen molar-refractivity contribution in [2.24, 2.45) is 5.92 Å². The number of fused-ring (bicyclic) bond motifs is 1. The number of hydrogen-bond acceptors (Lipinski definition) is 2. The van der Waals surface area contributed by atoms with Gasteiger partial charge in [-0.3, -0.25) is 0 Å². The van der Waals surface area contributed by atoms with E-state index in [0.717, 1.165) is 11.3 Å². The molecule has 0 aliphatic carbocycles. The van der Waals surface area contributed by atoms with Crippen LogP contribution >= 0.6 is 11.6 Å². The lowest BCUT2D eigenvalue weighted by atomic mass is 9.91. The molecule has 2 atom stereocenters. The monoisotopic (exact) mass is 333 g/mol. The van der Waals surface area contributed by atoms with Gasteiger partial charge in [0.05, 0.1) is 5.92 Å². The largest absolute Gasteiger partial charge is 0.391 e. The number of alkyl halides is 3. The molecule has 0 spiro atoms. The zero-order chi connectivity index (χ0) is 16.5. The van der Waals surface area contributed by atoms with Crippen LogP contribution in [0.2, 0.25) is 5.15 Å². The first-order valence-electron chi connectivity index (χ1n) is 7.33. The molecule has 3 nitrogen and oxygen atoms in total. The van der Waals surface area contributed by atoms with E-state index in [1.807, 2.05) is 13.8 Å². The van der Waals surface area contributed by atoms with Gasteiger partial charge in [0.1, 0.15) is 0 Å². The van der Waals surface area contributed by atoms with Crippen LogP contribution in [-0.4, -0.2) is 20.8 Å². The maximum absolute atomic E-state index is 12.6. The molecule has 2 aromatic rings. The molecule has 0 aliphatic heterocycles. The predicted octanol–water partition coefficient (Wildman–Crippen LogP) is 5.03. The zero-order valence-electron chi connectivity index (χ0n) is 12.8. The molecule has 2 unspecified atom stereocenters. The Morgan fingerprint density at radius 1 is 1.27 bits per heavy atom. The summed E-state index contributed by atoms with van der Waals surface area (Å²) < 4.78 is 39.5. The third-order valence-electron chi connectivity index (χ3n) is 4.04. The first-order chi connectivity index (χ1) is 10.2. The molecule has 0 aliphatic rings. The Hall–Kier alpha value is -1.30. The molecular formula is C15H19ClF3N3. The van der Waals surface area contributed by atoms with E-state index in [2.05, 4.69) is 10.1 Å². The van der Waals surface area contributed by atoms with Gasteiger partial charge in [0, 0.05) is 18.0 Å². The van der Waals surface area contributed by atoms with Crippen molar-refractivity contribution in [2.75, 3.05) is 0 Å². The van der Waals surface area contributed by atoms with Crippen LogP contribution in [0.1, 0.15) is 50.8 Å². The smallest absolute Gasteiger partial charge is 0.237 e. The van der Waals surface area contributed by atoms with Crippen LogP contribution in [0, 0.1) is 5.92 Å². The molecule has 122 valence electrons. The van der Waals surface area contributed by atoms with Gasteiger partial charge in [-0.05, 0) is 30.7 Å². The summed E-state index contributed by atoms with van der Waals surface area (Å²) in [6, 6.07) is 1.67. The molecule has 0 saturated carbocycles. The van der Waals surface area contributed by atoms with Gasteiger partial charge < -0.3 is 0 Å². The first-order valence-corrected chi connectivity index (χ1v) is 7.71. The minimum absolute atomic E-state index is 0.0142. The van der Waals surface area contributed by atoms with Crippen molar-refractivity contribution in [3.8, 4) is 0 Å². The van der Waals surface area contributed by atoms with E-state index >= 15 is 0 Å².